The molecular weight excluding hydrogens is 741 g/mol. The molecule has 0 N–H and O–H groups in total. The summed E-state index contributed by atoms with van der Waals surface area (Å²) in [6, 6.07) is 0. The lowest BCUT2D eigenvalue weighted by molar-refractivity contribution is -0.163. The molecule has 0 aromatic rings. The molecule has 0 rings (SSSR count). The van der Waals surface area contributed by atoms with Crippen molar-refractivity contribution < 1.29 is 23.8 Å². The molecule has 0 unspecified atom stereocenters. The molecule has 0 aromatic heterocycles. The van der Waals surface area contributed by atoms with Crippen LogP contribution in [0.2, 0.25) is 0 Å². The fraction of sp³-hybridized carbons (Fsp3) is 0.891. The molecule has 0 spiro atoms. The first kappa shape index (κ1) is 58.4. The highest BCUT2D eigenvalue weighted by atomic mass is 16.6. The summed E-state index contributed by atoms with van der Waals surface area (Å²) >= 11 is 0. The van der Waals surface area contributed by atoms with Crippen LogP contribution in [-0.2, 0) is 23.8 Å². The van der Waals surface area contributed by atoms with E-state index in [1.54, 1.807) is 0 Å². The Morgan fingerprint density at radius 3 is 1.03 bits per heavy atom. The Balaban J connectivity index is 4.23. The highest BCUT2D eigenvalue weighted by molar-refractivity contribution is 5.70. The molecule has 0 bridgehead atoms. The molecule has 0 fully saturated rings. The van der Waals surface area contributed by atoms with E-state index in [2.05, 4.69) is 45.1 Å². The number of allylic oxidation sites excluding steroid dienone is 4. The first-order valence-electron chi connectivity index (χ1n) is 26.9. The Morgan fingerprint density at radius 1 is 0.350 bits per heavy atom. The number of esters is 2. The zero-order valence-electron chi connectivity index (χ0n) is 40.7. The molecule has 0 heterocycles. The lowest BCUT2D eigenvalue weighted by Gasteiger charge is -2.18. The maximum atomic E-state index is 12.8. The standard InChI is InChI=1S/C55H104O5/c1-4-7-10-13-16-19-22-25-27-29-32-35-38-41-44-47-50-58-51-53(52-59-54(56)48-45-42-39-36-33-30-24-21-18-15-12-9-6-3)60-55(57)49-46-43-40-37-34-31-28-26-23-20-17-14-11-8-5-2/h20-21,23-24,53H,4-19,22,25-52H2,1-3H3/b23-20-,24-21-/t53-/m1/s1. The average molecular weight is 845 g/mol. The van der Waals surface area contributed by atoms with E-state index in [1.807, 2.05) is 0 Å². The second-order valence-corrected chi connectivity index (χ2v) is 18.1. The molecule has 5 heteroatoms. The van der Waals surface area contributed by atoms with Gasteiger partial charge in [0.25, 0.3) is 0 Å². The Hall–Kier alpha value is -1.62. The van der Waals surface area contributed by atoms with Gasteiger partial charge in [0.15, 0.2) is 6.10 Å². The molecule has 1 atom stereocenters. The molecule has 5 nitrogen and oxygen atoms in total. The van der Waals surface area contributed by atoms with Gasteiger partial charge in [-0.15, -0.1) is 0 Å². The van der Waals surface area contributed by atoms with Gasteiger partial charge in [-0.1, -0.05) is 231 Å². The monoisotopic (exact) mass is 845 g/mol. The summed E-state index contributed by atoms with van der Waals surface area (Å²) in [5.74, 6) is -0.395. The van der Waals surface area contributed by atoms with E-state index < -0.39 is 6.10 Å². The minimum Gasteiger partial charge on any atom is -0.462 e. The molecule has 354 valence electrons. The van der Waals surface area contributed by atoms with Crippen LogP contribution in [0.4, 0.5) is 0 Å². The van der Waals surface area contributed by atoms with Gasteiger partial charge in [0.05, 0.1) is 6.61 Å². The normalized spacial score (nSPS) is 12.2. The highest BCUT2D eigenvalue weighted by Gasteiger charge is 2.17. The minimum atomic E-state index is -0.535. The van der Waals surface area contributed by atoms with E-state index >= 15 is 0 Å². The van der Waals surface area contributed by atoms with Crippen molar-refractivity contribution in [2.75, 3.05) is 19.8 Å². The van der Waals surface area contributed by atoms with E-state index in [0.717, 1.165) is 44.9 Å². The minimum absolute atomic E-state index is 0.0857. The third kappa shape index (κ3) is 49.0. The van der Waals surface area contributed by atoms with Crippen molar-refractivity contribution in [2.24, 2.45) is 0 Å². The van der Waals surface area contributed by atoms with Gasteiger partial charge in [0.2, 0.25) is 0 Å². The van der Waals surface area contributed by atoms with Crippen molar-refractivity contribution in [2.45, 2.75) is 297 Å². The predicted molar refractivity (Wildman–Crippen MR) is 261 cm³/mol. The van der Waals surface area contributed by atoms with Crippen molar-refractivity contribution in [3.63, 3.8) is 0 Å². The van der Waals surface area contributed by atoms with E-state index in [4.69, 9.17) is 14.2 Å². The van der Waals surface area contributed by atoms with Crippen molar-refractivity contribution in [1.82, 2.24) is 0 Å². The quantitative estimate of drug-likeness (QED) is 0.0347. The molecule has 0 saturated carbocycles. The maximum absolute atomic E-state index is 12.8. The first-order valence-corrected chi connectivity index (χ1v) is 26.9. The molecule has 0 aliphatic rings. The van der Waals surface area contributed by atoms with Crippen LogP contribution in [0.25, 0.3) is 0 Å². The van der Waals surface area contributed by atoms with Crippen LogP contribution in [0.5, 0.6) is 0 Å². The number of carbonyl (C=O) groups excluding carboxylic acids is 2. The SMILES string of the molecule is CCCCCC/C=C\CCCCCCCCCC(=O)O[C@H](COCCCCCCCCCCCCCCCCCC)COC(=O)CCCCCCC/C=C\CCCCCC. The second kappa shape index (κ2) is 51.7. The van der Waals surface area contributed by atoms with Crippen LogP contribution in [-0.4, -0.2) is 37.9 Å². The van der Waals surface area contributed by atoms with E-state index in [1.165, 1.54) is 212 Å². The maximum Gasteiger partial charge on any atom is 0.306 e. The summed E-state index contributed by atoms with van der Waals surface area (Å²) in [4.78, 5) is 25.4. The van der Waals surface area contributed by atoms with Crippen molar-refractivity contribution >= 4 is 11.9 Å². The first-order chi connectivity index (χ1) is 29.6. The van der Waals surface area contributed by atoms with Crippen LogP contribution in [0.3, 0.4) is 0 Å². The van der Waals surface area contributed by atoms with Gasteiger partial charge in [0, 0.05) is 19.4 Å². The molecule has 0 aliphatic carbocycles. The average Bonchev–Trinajstić information content (AvgIpc) is 3.25. The third-order valence-corrected chi connectivity index (χ3v) is 12.0. The molecular formula is C55H104O5. The van der Waals surface area contributed by atoms with Crippen LogP contribution in [0.15, 0.2) is 24.3 Å². The Kier molecular flexibility index (Phi) is 50.3. The van der Waals surface area contributed by atoms with Gasteiger partial charge in [-0.05, 0) is 70.6 Å². The lowest BCUT2D eigenvalue weighted by Crippen LogP contribution is -2.30. The molecule has 0 radical (unpaired) electrons. The molecule has 0 saturated heterocycles. The van der Waals surface area contributed by atoms with E-state index in [0.29, 0.717) is 26.1 Å². The number of hydrogen-bond acceptors (Lipinski definition) is 5. The number of hydrogen-bond donors (Lipinski definition) is 0. The fourth-order valence-corrected chi connectivity index (χ4v) is 7.91. The van der Waals surface area contributed by atoms with Gasteiger partial charge < -0.3 is 14.2 Å². The Bertz CT molecular complexity index is 913. The van der Waals surface area contributed by atoms with Crippen molar-refractivity contribution in [1.29, 1.82) is 0 Å². The number of ether oxygens (including phenoxy) is 3. The molecule has 0 aliphatic heterocycles. The highest BCUT2D eigenvalue weighted by Crippen LogP contribution is 2.16. The summed E-state index contributed by atoms with van der Waals surface area (Å²) in [6.07, 6.45) is 60.4. The summed E-state index contributed by atoms with van der Waals surface area (Å²) in [5, 5.41) is 0. The number of unbranched alkanes of at least 4 members (excludes halogenated alkanes) is 35. The summed E-state index contributed by atoms with van der Waals surface area (Å²) in [7, 11) is 0. The number of carbonyl (C=O) groups is 2. The predicted octanol–water partition coefficient (Wildman–Crippen LogP) is 18.0. The van der Waals surface area contributed by atoms with E-state index in [-0.39, 0.29) is 18.5 Å². The van der Waals surface area contributed by atoms with Crippen molar-refractivity contribution in [3.05, 3.63) is 24.3 Å². The van der Waals surface area contributed by atoms with Gasteiger partial charge in [-0.2, -0.15) is 0 Å². The van der Waals surface area contributed by atoms with Crippen molar-refractivity contribution in [3.8, 4) is 0 Å². The molecule has 0 amide bonds. The van der Waals surface area contributed by atoms with Crippen LogP contribution in [0.1, 0.15) is 290 Å². The topological polar surface area (TPSA) is 61.8 Å². The van der Waals surface area contributed by atoms with Gasteiger partial charge in [-0.3, -0.25) is 9.59 Å². The van der Waals surface area contributed by atoms with Crippen LogP contribution < -0.4 is 0 Å². The zero-order chi connectivity index (χ0) is 43.5. The smallest absolute Gasteiger partial charge is 0.306 e. The molecule has 0 aromatic carbocycles. The summed E-state index contributed by atoms with van der Waals surface area (Å²) in [6.45, 7) is 7.84. The van der Waals surface area contributed by atoms with Crippen LogP contribution >= 0.6 is 0 Å². The van der Waals surface area contributed by atoms with Gasteiger partial charge >= 0.3 is 11.9 Å². The summed E-state index contributed by atoms with van der Waals surface area (Å²) in [5.41, 5.74) is 0. The number of rotatable bonds is 50. The fourth-order valence-electron chi connectivity index (χ4n) is 7.91. The van der Waals surface area contributed by atoms with E-state index in [9.17, 15) is 9.59 Å². The Morgan fingerprint density at radius 2 is 0.650 bits per heavy atom. The zero-order valence-corrected chi connectivity index (χ0v) is 40.7. The van der Waals surface area contributed by atoms with Gasteiger partial charge in [-0.25, -0.2) is 0 Å². The summed E-state index contributed by atoms with van der Waals surface area (Å²) < 4.78 is 17.4. The third-order valence-electron chi connectivity index (χ3n) is 12.0. The largest absolute Gasteiger partial charge is 0.462 e. The molecule has 60 heavy (non-hydrogen) atoms. The Labute approximate surface area is 375 Å². The second-order valence-electron chi connectivity index (χ2n) is 18.1. The van der Waals surface area contributed by atoms with Gasteiger partial charge in [0.1, 0.15) is 6.61 Å². The lowest BCUT2D eigenvalue weighted by atomic mass is 10.0. The van der Waals surface area contributed by atoms with Crippen LogP contribution in [0, 0.1) is 0 Å².